The molecule has 0 aliphatic carbocycles. The molecule has 1 fully saturated rings. The van der Waals surface area contributed by atoms with Crippen molar-refractivity contribution >= 4 is 12.1 Å². The molecule has 1 amide bonds. The molecule has 98 valence electrons. The predicted molar refractivity (Wildman–Crippen MR) is 61.5 cm³/mol. The third kappa shape index (κ3) is 3.59. The third-order valence-corrected chi connectivity index (χ3v) is 3.21. The van der Waals surface area contributed by atoms with Gasteiger partial charge in [-0.3, -0.25) is 4.79 Å². The summed E-state index contributed by atoms with van der Waals surface area (Å²) < 4.78 is 4.90. The van der Waals surface area contributed by atoms with Crippen molar-refractivity contribution < 1.29 is 19.4 Å². The standard InChI is InChI=1S/C11H20N2O4/c1-2-17-11(16)13-5-3-8(4-6-13)9(7-12)10(14)15/h8-9H,2-7,12H2,1H3,(H,14,15). The van der Waals surface area contributed by atoms with E-state index in [1.165, 1.54) is 0 Å². The zero-order chi connectivity index (χ0) is 12.8. The molecule has 17 heavy (non-hydrogen) atoms. The Hall–Kier alpha value is -1.30. The molecule has 0 aromatic carbocycles. The molecule has 3 N–H and O–H groups in total. The minimum absolute atomic E-state index is 0.0585. The number of rotatable bonds is 4. The number of carbonyl (C=O) groups excluding carboxylic acids is 1. The van der Waals surface area contributed by atoms with Crippen LogP contribution in [0.15, 0.2) is 0 Å². The zero-order valence-corrected chi connectivity index (χ0v) is 10.1. The Balaban J connectivity index is 2.44. The van der Waals surface area contributed by atoms with Crippen LogP contribution in [0, 0.1) is 11.8 Å². The van der Waals surface area contributed by atoms with Gasteiger partial charge in [-0.05, 0) is 25.7 Å². The lowest BCUT2D eigenvalue weighted by Crippen LogP contribution is -2.43. The average molecular weight is 244 g/mol. The quantitative estimate of drug-likeness (QED) is 0.751. The molecular formula is C11H20N2O4. The summed E-state index contributed by atoms with van der Waals surface area (Å²) in [6.45, 7) is 3.37. The highest BCUT2D eigenvalue weighted by atomic mass is 16.6. The summed E-state index contributed by atoms with van der Waals surface area (Å²) in [5.74, 6) is -1.29. The number of piperidine rings is 1. The van der Waals surface area contributed by atoms with Gasteiger partial charge >= 0.3 is 12.1 Å². The Morgan fingerprint density at radius 3 is 2.47 bits per heavy atom. The number of carboxylic acid groups (broad SMARTS) is 1. The van der Waals surface area contributed by atoms with Crippen molar-refractivity contribution in [2.75, 3.05) is 26.2 Å². The number of likely N-dealkylation sites (tertiary alicyclic amines) is 1. The van der Waals surface area contributed by atoms with Crippen LogP contribution in [0.2, 0.25) is 0 Å². The molecule has 0 aromatic rings. The molecule has 1 rings (SSSR count). The van der Waals surface area contributed by atoms with Crippen LogP contribution in [0.1, 0.15) is 19.8 Å². The van der Waals surface area contributed by atoms with Crippen molar-refractivity contribution in [1.82, 2.24) is 4.90 Å². The first-order valence-electron chi connectivity index (χ1n) is 5.94. The van der Waals surface area contributed by atoms with E-state index in [4.69, 9.17) is 15.6 Å². The van der Waals surface area contributed by atoms with Gasteiger partial charge in [-0.25, -0.2) is 4.79 Å². The highest BCUT2D eigenvalue weighted by Crippen LogP contribution is 2.25. The van der Waals surface area contributed by atoms with E-state index in [2.05, 4.69) is 0 Å². The monoisotopic (exact) mass is 244 g/mol. The first-order valence-corrected chi connectivity index (χ1v) is 5.94. The molecule has 1 aliphatic heterocycles. The molecule has 1 saturated heterocycles. The Labute approximate surface area is 101 Å². The van der Waals surface area contributed by atoms with Crippen molar-refractivity contribution in [3.8, 4) is 0 Å². The highest BCUT2D eigenvalue weighted by molar-refractivity contribution is 5.71. The van der Waals surface area contributed by atoms with Crippen molar-refractivity contribution in [2.24, 2.45) is 17.6 Å². The number of carbonyl (C=O) groups is 2. The fourth-order valence-corrected chi connectivity index (χ4v) is 2.19. The number of amides is 1. The van der Waals surface area contributed by atoms with Gasteiger partial charge in [0.05, 0.1) is 12.5 Å². The number of aliphatic carboxylic acids is 1. The molecule has 1 heterocycles. The van der Waals surface area contributed by atoms with Gasteiger partial charge in [0.2, 0.25) is 0 Å². The normalized spacial score (nSPS) is 18.8. The predicted octanol–water partition coefficient (Wildman–Crippen LogP) is 0.514. The van der Waals surface area contributed by atoms with E-state index < -0.39 is 11.9 Å². The van der Waals surface area contributed by atoms with Gasteiger partial charge in [-0.15, -0.1) is 0 Å². The summed E-state index contributed by atoms with van der Waals surface area (Å²) in [5, 5.41) is 9.00. The van der Waals surface area contributed by atoms with Crippen LogP contribution in [0.25, 0.3) is 0 Å². The molecule has 6 heteroatoms. The average Bonchev–Trinajstić information content (AvgIpc) is 2.30. The molecule has 0 saturated carbocycles. The smallest absolute Gasteiger partial charge is 0.409 e. The summed E-state index contributed by atoms with van der Waals surface area (Å²) in [6, 6.07) is 0. The lowest BCUT2D eigenvalue weighted by molar-refractivity contribution is -0.143. The largest absolute Gasteiger partial charge is 0.481 e. The molecule has 0 bridgehead atoms. The first-order chi connectivity index (χ1) is 8.10. The van der Waals surface area contributed by atoms with Crippen LogP contribution in [0.4, 0.5) is 4.79 Å². The molecule has 6 nitrogen and oxygen atoms in total. The number of nitrogens with zero attached hydrogens (tertiary/aromatic N) is 1. The minimum Gasteiger partial charge on any atom is -0.481 e. The summed E-state index contributed by atoms with van der Waals surface area (Å²) >= 11 is 0. The van der Waals surface area contributed by atoms with Gasteiger partial charge in [0.15, 0.2) is 0 Å². The van der Waals surface area contributed by atoms with Gasteiger partial charge in [0.25, 0.3) is 0 Å². The molecule has 1 aliphatic rings. The minimum atomic E-state index is -0.845. The maximum Gasteiger partial charge on any atom is 0.409 e. The third-order valence-electron chi connectivity index (χ3n) is 3.21. The van der Waals surface area contributed by atoms with E-state index in [-0.39, 0.29) is 18.6 Å². The van der Waals surface area contributed by atoms with Gasteiger partial charge in [-0.2, -0.15) is 0 Å². The summed E-state index contributed by atoms with van der Waals surface area (Å²) in [6.07, 6.45) is 1.03. The molecular weight excluding hydrogens is 224 g/mol. The van der Waals surface area contributed by atoms with Crippen molar-refractivity contribution in [3.63, 3.8) is 0 Å². The van der Waals surface area contributed by atoms with Crippen LogP contribution >= 0.6 is 0 Å². The number of carboxylic acids is 1. The number of ether oxygens (including phenoxy) is 1. The van der Waals surface area contributed by atoms with Gasteiger partial charge in [0.1, 0.15) is 0 Å². The topological polar surface area (TPSA) is 92.9 Å². The maximum absolute atomic E-state index is 11.4. The van der Waals surface area contributed by atoms with E-state index in [0.717, 1.165) is 0 Å². The lowest BCUT2D eigenvalue weighted by atomic mass is 9.84. The fraction of sp³-hybridized carbons (Fsp3) is 0.818. The number of nitrogens with two attached hydrogens (primary N) is 1. The zero-order valence-electron chi connectivity index (χ0n) is 10.1. The SMILES string of the molecule is CCOC(=O)N1CCC(C(CN)C(=O)O)CC1. The van der Waals surface area contributed by atoms with Gasteiger partial charge < -0.3 is 20.5 Å². The van der Waals surface area contributed by atoms with E-state index in [1.807, 2.05) is 0 Å². The van der Waals surface area contributed by atoms with Gasteiger partial charge in [-0.1, -0.05) is 0 Å². The summed E-state index contributed by atoms with van der Waals surface area (Å²) in [4.78, 5) is 24.0. The Bertz CT molecular complexity index is 275. The van der Waals surface area contributed by atoms with Crippen LogP contribution in [0.5, 0.6) is 0 Å². The molecule has 0 spiro atoms. The highest BCUT2D eigenvalue weighted by Gasteiger charge is 2.31. The van der Waals surface area contributed by atoms with E-state index in [0.29, 0.717) is 32.5 Å². The second-order valence-corrected chi connectivity index (χ2v) is 4.20. The molecule has 1 unspecified atom stereocenters. The lowest BCUT2D eigenvalue weighted by Gasteiger charge is -2.33. The van der Waals surface area contributed by atoms with Crippen LogP contribution < -0.4 is 5.73 Å². The maximum atomic E-state index is 11.4. The van der Waals surface area contributed by atoms with E-state index in [1.54, 1.807) is 11.8 Å². The first kappa shape index (κ1) is 13.8. The summed E-state index contributed by atoms with van der Waals surface area (Å²) in [5.41, 5.74) is 5.46. The molecule has 0 aromatic heterocycles. The number of hydrogen-bond acceptors (Lipinski definition) is 4. The van der Waals surface area contributed by atoms with Crippen LogP contribution in [0.3, 0.4) is 0 Å². The second-order valence-electron chi connectivity index (χ2n) is 4.20. The van der Waals surface area contributed by atoms with Gasteiger partial charge in [0, 0.05) is 19.6 Å². The Kier molecular flexibility index (Phi) is 5.21. The van der Waals surface area contributed by atoms with Crippen molar-refractivity contribution in [2.45, 2.75) is 19.8 Å². The van der Waals surface area contributed by atoms with Crippen molar-refractivity contribution in [1.29, 1.82) is 0 Å². The second kappa shape index (κ2) is 6.44. The van der Waals surface area contributed by atoms with Crippen LogP contribution in [-0.2, 0) is 9.53 Å². The Morgan fingerprint density at radius 2 is 2.06 bits per heavy atom. The molecule has 0 radical (unpaired) electrons. The summed E-state index contributed by atoms with van der Waals surface area (Å²) in [7, 11) is 0. The van der Waals surface area contributed by atoms with E-state index >= 15 is 0 Å². The molecule has 1 atom stereocenters. The van der Waals surface area contributed by atoms with Crippen LogP contribution in [-0.4, -0.2) is 48.3 Å². The van der Waals surface area contributed by atoms with Crippen molar-refractivity contribution in [3.05, 3.63) is 0 Å². The Morgan fingerprint density at radius 1 is 1.47 bits per heavy atom. The number of hydrogen-bond donors (Lipinski definition) is 2. The fourth-order valence-electron chi connectivity index (χ4n) is 2.19. The van der Waals surface area contributed by atoms with E-state index in [9.17, 15) is 9.59 Å².